The van der Waals surface area contributed by atoms with Gasteiger partial charge in [0.2, 0.25) is 11.7 Å². The molecule has 2 amide bonds. The molecule has 2 atom stereocenters. The van der Waals surface area contributed by atoms with Crippen LogP contribution in [0.4, 0.5) is 0 Å². The lowest BCUT2D eigenvalue weighted by molar-refractivity contribution is -0.146. The van der Waals surface area contributed by atoms with Gasteiger partial charge in [0, 0.05) is 17.4 Å². The van der Waals surface area contributed by atoms with E-state index in [1.54, 1.807) is 12.3 Å². The Balaban J connectivity index is 1.61. The van der Waals surface area contributed by atoms with Crippen molar-refractivity contribution >= 4 is 11.8 Å². The molecule has 4 bridgehead atoms. The summed E-state index contributed by atoms with van der Waals surface area (Å²) in [5, 5.41) is 3.18. The fraction of sp³-hybridized carbons (Fsp3) is 0.647. The van der Waals surface area contributed by atoms with Crippen LogP contribution in [-0.4, -0.2) is 27.3 Å². The van der Waals surface area contributed by atoms with E-state index in [4.69, 9.17) is 5.73 Å². The zero-order valence-electron chi connectivity index (χ0n) is 13.3. The van der Waals surface area contributed by atoms with Gasteiger partial charge in [-0.1, -0.05) is 0 Å². The molecule has 0 aliphatic heterocycles. The number of hydrogen-bond acceptors (Lipinski definition) is 4. The van der Waals surface area contributed by atoms with Crippen LogP contribution in [0.25, 0.3) is 0 Å². The Labute approximate surface area is 135 Å². The lowest BCUT2D eigenvalue weighted by Gasteiger charge is -2.60. The number of amides is 2. The molecule has 0 radical (unpaired) electrons. The highest BCUT2D eigenvalue weighted by atomic mass is 16.2. The highest BCUT2D eigenvalue weighted by Crippen LogP contribution is 2.61. The van der Waals surface area contributed by atoms with Gasteiger partial charge >= 0.3 is 0 Å². The maximum Gasteiger partial charge on any atom is 0.289 e. The van der Waals surface area contributed by atoms with Gasteiger partial charge in [0.15, 0.2) is 0 Å². The van der Waals surface area contributed by atoms with Gasteiger partial charge < -0.3 is 11.1 Å². The molecule has 4 aliphatic carbocycles. The zero-order chi connectivity index (χ0) is 16.2. The van der Waals surface area contributed by atoms with Crippen LogP contribution in [0, 0.1) is 24.2 Å². The van der Waals surface area contributed by atoms with E-state index >= 15 is 0 Å². The minimum atomic E-state index is -0.426. The first kappa shape index (κ1) is 14.6. The van der Waals surface area contributed by atoms with Crippen LogP contribution in [0.1, 0.15) is 54.8 Å². The number of carbonyl (C=O) groups excluding carboxylic acids is 2. The monoisotopic (exact) mass is 314 g/mol. The van der Waals surface area contributed by atoms with Crippen LogP contribution in [0.5, 0.6) is 0 Å². The molecule has 0 saturated heterocycles. The molecule has 122 valence electrons. The van der Waals surface area contributed by atoms with Crippen LogP contribution in [0.2, 0.25) is 0 Å². The van der Waals surface area contributed by atoms with Crippen LogP contribution in [-0.2, 0) is 4.79 Å². The van der Waals surface area contributed by atoms with Crippen molar-refractivity contribution in [3.05, 3.63) is 23.8 Å². The van der Waals surface area contributed by atoms with E-state index in [9.17, 15) is 9.59 Å². The summed E-state index contributed by atoms with van der Waals surface area (Å²) in [6, 6.07) is 1.77. The van der Waals surface area contributed by atoms with Crippen molar-refractivity contribution in [1.82, 2.24) is 15.3 Å². The van der Waals surface area contributed by atoms with Crippen molar-refractivity contribution < 1.29 is 9.59 Å². The number of carbonyl (C=O) groups is 2. The Bertz CT molecular complexity index is 673. The average molecular weight is 314 g/mol. The number of rotatable bonds is 3. The van der Waals surface area contributed by atoms with E-state index < -0.39 is 5.41 Å². The van der Waals surface area contributed by atoms with Gasteiger partial charge in [0.1, 0.15) is 0 Å². The first-order chi connectivity index (χ1) is 10.9. The van der Waals surface area contributed by atoms with Crippen LogP contribution in [0.15, 0.2) is 12.3 Å². The lowest BCUT2D eigenvalue weighted by atomic mass is 9.46. The molecular weight excluding hydrogens is 292 g/mol. The second-order valence-electron chi connectivity index (χ2n) is 7.86. The van der Waals surface area contributed by atoms with Gasteiger partial charge in [0.05, 0.1) is 5.41 Å². The van der Waals surface area contributed by atoms with E-state index in [2.05, 4.69) is 15.3 Å². The normalized spacial score (nSPS) is 37.6. The molecule has 1 aromatic heterocycles. The molecule has 4 aliphatic rings. The molecule has 6 nitrogen and oxygen atoms in total. The highest BCUT2D eigenvalue weighted by molar-refractivity contribution is 5.91. The van der Waals surface area contributed by atoms with E-state index in [-0.39, 0.29) is 23.2 Å². The number of nitrogens with two attached hydrogens (primary N) is 1. The zero-order valence-corrected chi connectivity index (χ0v) is 13.3. The molecule has 1 heterocycles. The topological polar surface area (TPSA) is 98.0 Å². The van der Waals surface area contributed by atoms with Crippen molar-refractivity contribution in [2.24, 2.45) is 23.0 Å². The predicted molar refractivity (Wildman–Crippen MR) is 83.3 cm³/mol. The summed E-state index contributed by atoms with van der Waals surface area (Å²) in [6.07, 6.45) is 7.08. The number of primary amides is 1. The molecule has 3 N–H and O–H groups in total. The summed E-state index contributed by atoms with van der Waals surface area (Å²) in [6.45, 7) is 1.84. The highest BCUT2D eigenvalue weighted by Gasteiger charge is 2.60. The van der Waals surface area contributed by atoms with Crippen molar-refractivity contribution in [3.8, 4) is 0 Å². The molecule has 5 rings (SSSR count). The van der Waals surface area contributed by atoms with Gasteiger partial charge in [-0.25, -0.2) is 9.97 Å². The summed E-state index contributed by atoms with van der Waals surface area (Å²) in [5.74, 6) is 0.742. The molecule has 0 spiro atoms. The van der Waals surface area contributed by atoms with E-state index in [0.29, 0.717) is 18.3 Å². The van der Waals surface area contributed by atoms with Gasteiger partial charge in [-0.05, 0) is 63.4 Å². The number of aryl methyl sites for hydroxylation is 1. The summed E-state index contributed by atoms with van der Waals surface area (Å²) in [7, 11) is 0. The van der Waals surface area contributed by atoms with Crippen molar-refractivity contribution in [1.29, 1.82) is 0 Å². The third-order valence-electron chi connectivity index (χ3n) is 5.96. The minimum Gasteiger partial charge on any atom is -0.369 e. The number of nitrogens with zero attached hydrogens (tertiary/aromatic N) is 2. The summed E-state index contributed by atoms with van der Waals surface area (Å²) in [5.41, 5.74) is 5.76. The minimum absolute atomic E-state index is 0.197. The van der Waals surface area contributed by atoms with Gasteiger partial charge in [0.25, 0.3) is 5.91 Å². The molecular formula is C17H22N4O2. The second-order valence-corrected chi connectivity index (χ2v) is 7.86. The first-order valence-electron chi connectivity index (χ1n) is 8.32. The van der Waals surface area contributed by atoms with E-state index in [1.165, 1.54) is 0 Å². The number of aromatic nitrogens is 2. The number of hydrogen-bond donors (Lipinski definition) is 2. The summed E-state index contributed by atoms with van der Waals surface area (Å²) < 4.78 is 0. The Morgan fingerprint density at radius 3 is 2.57 bits per heavy atom. The molecule has 6 heteroatoms. The van der Waals surface area contributed by atoms with Gasteiger partial charge in [-0.3, -0.25) is 9.59 Å². The lowest BCUT2D eigenvalue weighted by Crippen LogP contribution is -2.65. The average Bonchev–Trinajstić information content (AvgIpc) is 2.45. The standard InChI is InChI=1S/C17H22N4O2/c1-10-2-3-19-13(20-10)14(22)21-17-7-11-4-12(8-17)6-16(5-11,9-17)15(18)23/h2-3,11-12H,4-9H2,1H3,(H2,18,23)(H,21,22). The molecule has 4 fully saturated rings. The molecule has 1 aromatic rings. The van der Waals surface area contributed by atoms with Gasteiger partial charge in [-0.2, -0.15) is 0 Å². The molecule has 2 unspecified atom stereocenters. The maximum atomic E-state index is 12.6. The Morgan fingerprint density at radius 2 is 1.96 bits per heavy atom. The fourth-order valence-electron chi connectivity index (χ4n) is 5.55. The molecule has 0 aromatic carbocycles. The summed E-state index contributed by atoms with van der Waals surface area (Å²) in [4.78, 5) is 33.0. The van der Waals surface area contributed by atoms with Crippen molar-refractivity contribution in [2.75, 3.05) is 0 Å². The van der Waals surface area contributed by atoms with Crippen LogP contribution < -0.4 is 11.1 Å². The molecule has 23 heavy (non-hydrogen) atoms. The molecule has 4 saturated carbocycles. The Hall–Kier alpha value is -1.98. The van der Waals surface area contributed by atoms with Crippen LogP contribution >= 0.6 is 0 Å². The second kappa shape index (κ2) is 4.76. The predicted octanol–water partition coefficient (Wildman–Crippen LogP) is 1.34. The Kier molecular flexibility index (Phi) is 3.02. The quantitative estimate of drug-likeness (QED) is 0.879. The van der Waals surface area contributed by atoms with Crippen LogP contribution in [0.3, 0.4) is 0 Å². The SMILES string of the molecule is Cc1ccnc(C(=O)NC23CC4CC(C2)CC(C(N)=O)(C4)C3)n1. The largest absolute Gasteiger partial charge is 0.369 e. The fourth-order valence-corrected chi connectivity index (χ4v) is 5.55. The summed E-state index contributed by atoms with van der Waals surface area (Å²) >= 11 is 0. The van der Waals surface area contributed by atoms with Crippen molar-refractivity contribution in [2.45, 2.75) is 51.0 Å². The number of nitrogens with one attached hydrogen (secondary N) is 1. The third kappa shape index (κ3) is 2.31. The first-order valence-corrected chi connectivity index (χ1v) is 8.32. The van der Waals surface area contributed by atoms with E-state index in [0.717, 1.165) is 37.8 Å². The van der Waals surface area contributed by atoms with Crippen molar-refractivity contribution in [3.63, 3.8) is 0 Å². The maximum absolute atomic E-state index is 12.6. The van der Waals surface area contributed by atoms with E-state index in [1.807, 2.05) is 6.92 Å². The Morgan fingerprint density at radius 1 is 1.26 bits per heavy atom. The van der Waals surface area contributed by atoms with Gasteiger partial charge in [-0.15, -0.1) is 0 Å². The smallest absolute Gasteiger partial charge is 0.289 e. The third-order valence-corrected chi connectivity index (χ3v) is 5.96.